The summed E-state index contributed by atoms with van der Waals surface area (Å²) in [7, 11) is 1.26. The zero-order chi connectivity index (χ0) is 20.0. The van der Waals surface area contributed by atoms with Gasteiger partial charge in [0.2, 0.25) is 5.91 Å². The van der Waals surface area contributed by atoms with Crippen LogP contribution in [0.4, 0.5) is 24.5 Å². The fourth-order valence-electron chi connectivity index (χ4n) is 2.05. The number of non-ortho nitro benzene ring substituents is 1. The fourth-order valence-corrected chi connectivity index (χ4v) is 2.05. The second-order valence-electron chi connectivity index (χ2n) is 5.03. The number of rotatable bonds is 7. The molecule has 1 amide bonds. The first kappa shape index (κ1) is 19.8. The van der Waals surface area contributed by atoms with Crippen LogP contribution >= 0.6 is 0 Å². The van der Waals surface area contributed by atoms with Crippen molar-refractivity contribution in [2.45, 2.75) is 6.61 Å². The maximum atomic E-state index is 13.7. The molecule has 142 valence electrons. The monoisotopic (exact) mass is 382 g/mol. The van der Waals surface area contributed by atoms with Crippen LogP contribution in [0.25, 0.3) is 6.08 Å². The summed E-state index contributed by atoms with van der Waals surface area (Å²) in [6.45, 7) is -3.02. The van der Waals surface area contributed by atoms with Crippen LogP contribution in [-0.4, -0.2) is 24.6 Å². The Hall–Kier alpha value is -3.56. The third kappa shape index (κ3) is 5.46. The van der Waals surface area contributed by atoms with Crippen molar-refractivity contribution in [1.82, 2.24) is 0 Å². The van der Waals surface area contributed by atoms with Gasteiger partial charge in [0, 0.05) is 18.2 Å². The molecule has 0 saturated heterocycles. The number of methoxy groups -OCH3 is 1. The minimum Gasteiger partial charge on any atom is -0.493 e. The highest BCUT2D eigenvalue weighted by Crippen LogP contribution is 2.30. The molecule has 2 aromatic rings. The standard InChI is InChI=1S/C17H13F3N2O5/c1-26-15-8-10(2-6-14(15)27-17(19)20)3-7-16(23)21-13-9-11(22(24)25)4-5-12(13)18/h2-9,17H,1H3,(H,21,23). The maximum Gasteiger partial charge on any atom is 0.387 e. The number of nitro benzene ring substituents is 1. The minimum atomic E-state index is -3.02. The number of halogens is 3. The van der Waals surface area contributed by atoms with E-state index in [1.165, 1.54) is 31.4 Å². The summed E-state index contributed by atoms with van der Waals surface area (Å²) in [4.78, 5) is 21.9. The van der Waals surface area contributed by atoms with Crippen molar-refractivity contribution in [3.63, 3.8) is 0 Å². The van der Waals surface area contributed by atoms with E-state index in [1.807, 2.05) is 0 Å². The van der Waals surface area contributed by atoms with E-state index in [1.54, 1.807) is 0 Å². The summed E-state index contributed by atoms with van der Waals surface area (Å²) in [5.41, 5.74) is -0.310. The Morgan fingerprint density at radius 1 is 1.22 bits per heavy atom. The summed E-state index contributed by atoms with van der Waals surface area (Å²) in [5.74, 6) is -1.73. The number of nitrogens with one attached hydrogen (secondary N) is 1. The summed E-state index contributed by atoms with van der Waals surface area (Å²) in [6, 6.07) is 6.72. The SMILES string of the molecule is COc1cc(C=CC(=O)Nc2cc([N+](=O)[O-])ccc2F)ccc1OC(F)F. The molecule has 10 heteroatoms. The lowest BCUT2D eigenvalue weighted by atomic mass is 10.2. The van der Waals surface area contributed by atoms with Gasteiger partial charge in [-0.2, -0.15) is 8.78 Å². The van der Waals surface area contributed by atoms with Crippen molar-refractivity contribution in [1.29, 1.82) is 0 Å². The van der Waals surface area contributed by atoms with Gasteiger partial charge in [-0.15, -0.1) is 0 Å². The molecule has 2 rings (SSSR count). The third-order valence-corrected chi connectivity index (χ3v) is 3.25. The number of benzene rings is 2. The highest BCUT2D eigenvalue weighted by Gasteiger charge is 2.13. The van der Waals surface area contributed by atoms with Crippen LogP contribution in [-0.2, 0) is 4.79 Å². The molecule has 0 spiro atoms. The van der Waals surface area contributed by atoms with Crippen LogP contribution in [0.1, 0.15) is 5.56 Å². The molecule has 0 unspecified atom stereocenters. The smallest absolute Gasteiger partial charge is 0.387 e. The number of hydrogen-bond acceptors (Lipinski definition) is 5. The zero-order valence-electron chi connectivity index (χ0n) is 13.8. The van der Waals surface area contributed by atoms with Gasteiger partial charge in [0.15, 0.2) is 11.5 Å². The van der Waals surface area contributed by atoms with E-state index in [4.69, 9.17) is 4.74 Å². The van der Waals surface area contributed by atoms with Crippen molar-refractivity contribution in [3.05, 3.63) is 64.0 Å². The molecule has 1 N–H and O–H groups in total. The van der Waals surface area contributed by atoms with Crippen LogP contribution in [0.5, 0.6) is 11.5 Å². The zero-order valence-corrected chi connectivity index (χ0v) is 13.8. The van der Waals surface area contributed by atoms with Gasteiger partial charge < -0.3 is 14.8 Å². The highest BCUT2D eigenvalue weighted by atomic mass is 19.3. The number of carbonyl (C=O) groups is 1. The molecule has 27 heavy (non-hydrogen) atoms. The third-order valence-electron chi connectivity index (χ3n) is 3.25. The molecule has 0 saturated carbocycles. The fraction of sp³-hybridized carbons (Fsp3) is 0.118. The number of nitrogens with zero attached hydrogens (tertiary/aromatic N) is 1. The maximum absolute atomic E-state index is 13.7. The van der Waals surface area contributed by atoms with E-state index in [2.05, 4.69) is 10.1 Å². The van der Waals surface area contributed by atoms with Gasteiger partial charge in [-0.05, 0) is 29.8 Å². The first-order valence-electron chi connectivity index (χ1n) is 7.36. The Balaban J connectivity index is 2.13. The van der Waals surface area contributed by atoms with Gasteiger partial charge in [-0.1, -0.05) is 6.07 Å². The van der Waals surface area contributed by atoms with Crippen LogP contribution in [0, 0.1) is 15.9 Å². The molecule has 0 aliphatic carbocycles. The number of ether oxygens (including phenoxy) is 2. The minimum absolute atomic E-state index is 0.0302. The molecule has 7 nitrogen and oxygen atoms in total. The lowest BCUT2D eigenvalue weighted by molar-refractivity contribution is -0.384. The summed E-state index contributed by atoms with van der Waals surface area (Å²) in [6.07, 6.45) is 2.36. The number of amides is 1. The number of hydrogen-bond donors (Lipinski definition) is 1. The van der Waals surface area contributed by atoms with Crippen molar-refractivity contribution >= 4 is 23.4 Å². The number of carbonyl (C=O) groups excluding carboxylic acids is 1. The van der Waals surface area contributed by atoms with Crippen LogP contribution in [0.3, 0.4) is 0 Å². The van der Waals surface area contributed by atoms with Gasteiger partial charge in [0.25, 0.3) is 5.69 Å². The topological polar surface area (TPSA) is 90.7 Å². The van der Waals surface area contributed by atoms with E-state index in [9.17, 15) is 28.1 Å². The van der Waals surface area contributed by atoms with Gasteiger partial charge in [-0.3, -0.25) is 14.9 Å². The van der Waals surface area contributed by atoms with Crippen molar-refractivity contribution in [2.75, 3.05) is 12.4 Å². The molecule has 0 heterocycles. The largest absolute Gasteiger partial charge is 0.493 e. The summed E-state index contributed by atoms with van der Waals surface area (Å²) in [5, 5.41) is 12.9. The molecule has 0 aliphatic rings. The molecule has 0 atom stereocenters. The number of nitro groups is 1. The van der Waals surface area contributed by atoms with Gasteiger partial charge in [0.1, 0.15) is 5.82 Å². The molecule has 0 bridgehead atoms. The Morgan fingerprint density at radius 2 is 1.96 bits per heavy atom. The average Bonchev–Trinajstić information content (AvgIpc) is 2.62. The second kappa shape index (κ2) is 8.70. The Labute approximate surface area is 151 Å². The van der Waals surface area contributed by atoms with Crippen molar-refractivity contribution in [3.8, 4) is 11.5 Å². The Morgan fingerprint density at radius 3 is 2.59 bits per heavy atom. The van der Waals surface area contributed by atoms with Gasteiger partial charge >= 0.3 is 6.61 Å². The molecule has 0 aliphatic heterocycles. The molecule has 0 fully saturated rings. The number of alkyl halides is 2. The lowest BCUT2D eigenvalue weighted by Crippen LogP contribution is -2.09. The van der Waals surface area contributed by atoms with E-state index in [-0.39, 0.29) is 22.9 Å². The molecular weight excluding hydrogens is 369 g/mol. The molecule has 0 radical (unpaired) electrons. The quantitative estimate of drug-likeness (QED) is 0.444. The van der Waals surface area contributed by atoms with Crippen LogP contribution < -0.4 is 14.8 Å². The predicted octanol–water partition coefficient (Wildman–Crippen LogP) is 4.00. The first-order chi connectivity index (χ1) is 12.8. The van der Waals surface area contributed by atoms with Crippen LogP contribution in [0.15, 0.2) is 42.5 Å². The molecule has 0 aromatic heterocycles. The first-order valence-corrected chi connectivity index (χ1v) is 7.36. The summed E-state index contributed by atoms with van der Waals surface area (Å²) < 4.78 is 47.4. The predicted molar refractivity (Wildman–Crippen MR) is 90.3 cm³/mol. The molecular formula is C17H13F3N2O5. The number of anilines is 1. The van der Waals surface area contributed by atoms with Gasteiger partial charge in [-0.25, -0.2) is 4.39 Å². The normalized spacial score (nSPS) is 10.9. The lowest BCUT2D eigenvalue weighted by Gasteiger charge is -2.10. The average molecular weight is 382 g/mol. The van der Waals surface area contributed by atoms with E-state index >= 15 is 0 Å². The summed E-state index contributed by atoms with van der Waals surface area (Å²) >= 11 is 0. The van der Waals surface area contributed by atoms with Crippen LogP contribution in [0.2, 0.25) is 0 Å². The van der Waals surface area contributed by atoms with E-state index in [0.717, 1.165) is 24.3 Å². The van der Waals surface area contributed by atoms with Crippen molar-refractivity contribution in [2.24, 2.45) is 0 Å². The Kier molecular flexibility index (Phi) is 6.36. The molecule has 2 aromatic carbocycles. The van der Waals surface area contributed by atoms with Crippen molar-refractivity contribution < 1.29 is 32.4 Å². The Bertz CT molecular complexity index is 887. The van der Waals surface area contributed by atoms with Gasteiger partial charge in [0.05, 0.1) is 17.7 Å². The second-order valence-corrected chi connectivity index (χ2v) is 5.03. The highest BCUT2D eigenvalue weighted by molar-refractivity contribution is 6.02. The van der Waals surface area contributed by atoms with E-state index in [0.29, 0.717) is 5.56 Å². The van der Waals surface area contributed by atoms with E-state index < -0.39 is 23.3 Å².